The fourth-order valence-electron chi connectivity index (χ4n) is 2.33. The Labute approximate surface area is 134 Å². The highest BCUT2D eigenvalue weighted by Crippen LogP contribution is 2.24. The number of hydrogen-bond acceptors (Lipinski definition) is 5. The van der Waals surface area contributed by atoms with E-state index in [0.717, 1.165) is 37.5 Å². The van der Waals surface area contributed by atoms with E-state index in [-0.39, 0.29) is 5.56 Å². The predicted molar refractivity (Wildman–Crippen MR) is 79.5 cm³/mol. The lowest BCUT2D eigenvalue weighted by molar-refractivity contribution is 0.0435. The first kappa shape index (κ1) is 17.4. The van der Waals surface area contributed by atoms with Gasteiger partial charge in [-0.3, -0.25) is 0 Å². The summed E-state index contributed by atoms with van der Waals surface area (Å²) in [6, 6.07) is 4.75. The van der Waals surface area contributed by atoms with Gasteiger partial charge in [-0.05, 0) is 38.0 Å². The molecule has 1 aliphatic rings. The number of esters is 1. The number of halogens is 1. The number of nitriles is 1. The highest BCUT2D eigenvalue weighted by molar-refractivity contribution is 7.89. The minimum Gasteiger partial charge on any atom is -0.444 e. The van der Waals surface area contributed by atoms with Crippen molar-refractivity contribution in [2.75, 3.05) is 13.1 Å². The molecule has 0 spiro atoms. The Morgan fingerprint density at radius 1 is 1.35 bits per heavy atom. The van der Waals surface area contributed by atoms with E-state index in [2.05, 4.69) is 0 Å². The average Bonchev–Trinajstić information content (AvgIpc) is 2.55. The second-order valence-corrected chi connectivity index (χ2v) is 7.19. The van der Waals surface area contributed by atoms with Crippen molar-refractivity contribution in [2.24, 2.45) is 0 Å². The van der Waals surface area contributed by atoms with Gasteiger partial charge in [-0.2, -0.15) is 9.57 Å². The van der Waals surface area contributed by atoms with Gasteiger partial charge in [0.2, 0.25) is 10.0 Å². The molecule has 1 aliphatic heterocycles. The highest BCUT2D eigenvalue weighted by atomic mass is 32.2. The molecule has 0 bridgehead atoms. The monoisotopic (exact) mass is 340 g/mol. The zero-order chi connectivity index (χ0) is 17.0. The van der Waals surface area contributed by atoms with Gasteiger partial charge in [0.25, 0.3) is 0 Å². The van der Waals surface area contributed by atoms with Gasteiger partial charge in [0.15, 0.2) is 6.10 Å². The molecule has 0 saturated carbocycles. The molecule has 1 aromatic rings. The summed E-state index contributed by atoms with van der Waals surface area (Å²) in [6.07, 6.45) is 1.41. The summed E-state index contributed by atoms with van der Waals surface area (Å²) in [5.74, 6) is -1.78. The van der Waals surface area contributed by atoms with E-state index in [9.17, 15) is 17.6 Å². The van der Waals surface area contributed by atoms with Crippen LogP contribution in [0, 0.1) is 17.1 Å². The van der Waals surface area contributed by atoms with Crippen molar-refractivity contribution >= 4 is 16.0 Å². The third kappa shape index (κ3) is 3.86. The van der Waals surface area contributed by atoms with Crippen LogP contribution < -0.4 is 0 Å². The molecule has 0 radical (unpaired) electrons. The molecule has 2 rings (SSSR count). The number of benzene rings is 1. The molecule has 1 atom stereocenters. The number of piperidine rings is 1. The Bertz CT molecular complexity index is 736. The van der Waals surface area contributed by atoms with Crippen LogP contribution >= 0.6 is 0 Å². The van der Waals surface area contributed by atoms with Crippen molar-refractivity contribution < 1.29 is 22.3 Å². The Morgan fingerprint density at radius 3 is 2.61 bits per heavy atom. The number of rotatable bonds is 4. The number of sulfonamides is 1. The maximum atomic E-state index is 14.0. The summed E-state index contributed by atoms with van der Waals surface area (Å²) >= 11 is 0. The lowest BCUT2D eigenvalue weighted by Gasteiger charge is -2.26. The maximum absolute atomic E-state index is 14.0. The van der Waals surface area contributed by atoms with E-state index < -0.39 is 32.8 Å². The largest absolute Gasteiger partial charge is 0.444 e. The molecule has 1 aromatic carbocycles. The molecule has 1 saturated heterocycles. The molecule has 1 unspecified atom stereocenters. The van der Waals surface area contributed by atoms with E-state index in [1.54, 1.807) is 6.07 Å². The molecule has 0 aromatic heterocycles. The topological polar surface area (TPSA) is 87.5 Å². The van der Waals surface area contributed by atoms with Crippen LogP contribution in [0.4, 0.5) is 4.39 Å². The van der Waals surface area contributed by atoms with Crippen molar-refractivity contribution in [3.8, 4) is 6.07 Å². The first-order valence-electron chi connectivity index (χ1n) is 7.26. The fraction of sp³-hybridized carbons (Fsp3) is 0.467. The van der Waals surface area contributed by atoms with E-state index in [1.165, 1.54) is 11.2 Å². The highest BCUT2D eigenvalue weighted by Gasteiger charge is 2.29. The first-order chi connectivity index (χ1) is 10.9. The number of nitrogens with zero attached hydrogens (tertiary/aromatic N) is 2. The minimum absolute atomic E-state index is 0.107. The maximum Gasteiger partial charge on any atom is 0.339 e. The molecular formula is C15H17FN2O4S. The number of carbonyl (C=O) groups excluding carboxylic acids is 1. The summed E-state index contributed by atoms with van der Waals surface area (Å²) in [7, 11) is -4.00. The Morgan fingerprint density at radius 2 is 2.00 bits per heavy atom. The van der Waals surface area contributed by atoms with Crippen LogP contribution in [0.1, 0.15) is 36.5 Å². The Kier molecular flexibility index (Phi) is 5.34. The second-order valence-electron chi connectivity index (χ2n) is 5.29. The molecule has 8 heteroatoms. The second kappa shape index (κ2) is 7.06. The quantitative estimate of drug-likeness (QED) is 0.783. The van der Waals surface area contributed by atoms with Gasteiger partial charge in [-0.15, -0.1) is 0 Å². The third-order valence-electron chi connectivity index (χ3n) is 3.57. The summed E-state index contributed by atoms with van der Waals surface area (Å²) < 4.78 is 45.1. The van der Waals surface area contributed by atoms with Crippen LogP contribution in [-0.4, -0.2) is 37.9 Å². The van der Waals surface area contributed by atoms with Crippen LogP contribution in [-0.2, 0) is 14.8 Å². The van der Waals surface area contributed by atoms with Crippen LogP contribution in [0.5, 0.6) is 0 Å². The summed E-state index contributed by atoms with van der Waals surface area (Å²) in [4.78, 5) is 11.3. The van der Waals surface area contributed by atoms with Crippen molar-refractivity contribution in [1.82, 2.24) is 4.31 Å². The number of carbonyl (C=O) groups is 1. The SMILES string of the molecule is CC(C#N)OC(=O)c1ccc(F)c(S(=O)(=O)N2CCCCC2)c1. The molecule has 1 fully saturated rings. The van der Waals surface area contributed by atoms with E-state index in [0.29, 0.717) is 13.1 Å². The van der Waals surface area contributed by atoms with Crippen LogP contribution in [0.2, 0.25) is 0 Å². The van der Waals surface area contributed by atoms with E-state index in [4.69, 9.17) is 10.00 Å². The lowest BCUT2D eigenvalue weighted by atomic mass is 10.2. The molecule has 0 aliphatic carbocycles. The first-order valence-corrected chi connectivity index (χ1v) is 8.70. The van der Waals surface area contributed by atoms with Crippen LogP contribution in [0.15, 0.2) is 23.1 Å². The predicted octanol–water partition coefficient (Wildman–Crippen LogP) is 2.07. The van der Waals surface area contributed by atoms with E-state index >= 15 is 0 Å². The lowest BCUT2D eigenvalue weighted by Crippen LogP contribution is -2.36. The van der Waals surface area contributed by atoms with E-state index in [1.807, 2.05) is 0 Å². The molecule has 6 nitrogen and oxygen atoms in total. The molecule has 0 amide bonds. The van der Waals surface area contributed by atoms with Crippen molar-refractivity contribution in [1.29, 1.82) is 5.26 Å². The van der Waals surface area contributed by atoms with Gasteiger partial charge in [-0.1, -0.05) is 6.42 Å². The molecular weight excluding hydrogens is 323 g/mol. The van der Waals surface area contributed by atoms with Crippen LogP contribution in [0.25, 0.3) is 0 Å². The standard InChI is InChI=1S/C15H17FN2O4S/c1-11(10-17)22-15(19)12-5-6-13(16)14(9-12)23(20,21)18-7-3-2-4-8-18/h5-6,9,11H,2-4,7-8H2,1H3. The molecule has 1 heterocycles. The van der Waals surface area contributed by atoms with Crippen molar-refractivity contribution in [3.63, 3.8) is 0 Å². The Hall–Kier alpha value is -1.98. The van der Waals surface area contributed by atoms with Gasteiger partial charge in [-0.25, -0.2) is 17.6 Å². The Balaban J connectivity index is 2.33. The summed E-state index contributed by atoms with van der Waals surface area (Å²) in [5, 5.41) is 8.64. The summed E-state index contributed by atoms with van der Waals surface area (Å²) in [6.45, 7) is 2.05. The number of ether oxygens (including phenoxy) is 1. The average molecular weight is 340 g/mol. The van der Waals surface area contributed by atoms with Crippen molar-refractivity contribution in [2.45, 2.75) is 37.2 Å². The minimum atomic E-state index is -4.00. The zero-order valence-corrected chi connectivity index (χ0v) is 13.5. The van der Waals surface area contributed by atoms with Gasteiger partial charge in [0, 0.05) is 13.1 Å². The van der Waals surface area contributed by atoms with Gasteiger partial charge >= 0.3 is 5.97 Å². The van der Waals surface area contributed by atoms with Crippen molar-refractivity contribution in [3.05, 3.63) is 29.6 Å². The smallest absolute Gasteiger partial charge is 0.339 e. The molecule has 0 N–H and O–H groups in total. The number of hydrogen-bond donors (Lipinski definition) is 0. The third-order valence-corrected chi connectivity index (χ3v) is 5.48. The normalized spacial score (nSPS) is 17.3. The van der Waals surface area contributed by atoms with Gasteiger partial charge in [0.05, 0.1) is 5.56 Å². The molecule has 23 heavy (non-hydrogen) atoms. The fourth-order valence-corrected chi connectivity index (χ4v) is 3.93. The summed E-state index contributed by atoms with van der Waals surface area (Å²) in [5.41, 5.74) is -0.107. The zero-order valence-electron chi connectivity index (χ0n) is 12.7. The van der Waals surface area contributed by atoms with Gasteiger partial charge < -0.3 is 4.74 Å². The molecule has 124 valence electrons. The van der Waals surface area contributed by atoms with Gasteiger partial charge in [0.1, 0.15) is 16.8 Å². The van der Waals surface area contributed by atoms with Crippen LogP contribution in [0.3, 0.4) is 0 Å².